The van der Waals surface area contributed by atoms with Gasteiger partial charge in [-0.3, -0.25) is 0 Å². The van der Waals surface area contributed by atoms with Crippen LogP contribution in [0.1, 0.15) is 22.4 Å². The van der Waals surface area contributed by atoms with Crippen LogP contribution in [-0.2, 0) is 0 Å². The van der Waals surface area contributed by atoms with E-state index < -0.39 is 0 Å². The maximum atomic E-state index is 5.87. The number of hydrogen-bond acceptors (Lipinski definition) is 4. The van der Waals surface area contributed by atoms with Crippen LogP contribution in [0, 0.1) is 20.8 Å². The van der Waals surface area contributed by atoms with Crippen molar-refractivity contribution in [1.29, 1.82) is 0 Å². The molecule has 0 saturated heterocycles. The van der Waals surface area contributed by atoms with E-state index in [0.29, 0.717) is 11.6 Å². The molecule has 0 spiro atoms. The minimum Gasteiger partial charge on any atom is -0.436 e. The number of ether oxygens (including phenoxy) is 1. The number of aryl methyl sites for hydroxylation is 2. The molecular weight excluding hydrogens is 258 g/mol. The van der Waals surface area contributed by atoms with Crippen LogP contribution in [-0.4, -0.2) is 15.0 Å². The zero-order valence-corrected chi connectivity index (χ0v) is 11.9. The summed E-state index contributed by atoms with van der Waals surface area (Å²) in [5.74, 6) is 1.12. The van der Waals surface area contributed by atoms with Gasteiger partial charge in [-0.25, -0.2) is 9.97 Å². The Morgan fingerprint density at radius 2 is 1.74 bits per heavy atom. The third-order valence-electron chi connectivity index (χ3n) is 2.97. The molecule has 2 rings (SSSR count). The Bertz CT molecular complexity index is 641. The lowest BCUT2D eigenvalue weighted by molar-refractivity contribution is 0.451. The zero-order chi connectivity index (χ0) is 14.0. The summed E-state index contributed by atoms with van der Waals surface area (Å²) in [6.07, 6.45) is 3.09. The van der Waals surface area contributed by atoms with Crippen molar-refractivity contribution in [1.82, 2.24) is 9.97 Å². The molecule has 0 saturated carbocycles. The third-order valence-corrected chi connectivity index (χ3v) is 3.16. The number of nitrogens with two attached hydrogens (primary N) is 1. The first-order chi connectivity index (χ1) is 9.00. The second kappa shape index (κ2) is 5.32. The molecule has 2 aromatic rings. The molecule has 0 amide bonds. The highest BCUT2D eigenvalue weighted by molar-refractivity contribution is 7.80. The second-order valence-corrected chi connectivity index (χ2v) is 4.77. The number of hydrogen-bond donors (Lipinski definition) is 1. The predicted molar refractivity (Wildman–Crippen MR) is 78.6 cm³/mol. The van der Waals surface area contributed by atoms with Gasteiger partial charge in [0.05, 0.1) is 0 Å². The lowest BCUT2D eigenvalue weighted by Gasteiger charge is -2.14. The summed E-state index contributed by atoms with van der Waals surface area (Å²) in [4.78, 5) is 8.43. The van der Waals surface area contributed by atoms with Gasteiger partial charge in [-0.1, -0.05) is 24.4 Å². The molecule has 0 bridgehead atoms. The third kappa shape index (κ3) is 2.71. The molecular formula is C14H15N3OS. The predicted octanol–water partition coefficient (Wildman–Crippen LogP) is 2.83. The van der Waals surface area contributed by atoms with Crippen LogP contribution < -0.4 is 10.5 Å². The maximum Gasteiger partial charge on any atom is 0.248 e. The van der Waals surface area contributed by atoms with Gasteiger partial charge in [0.1, 0.15) is 10.7 Å². The smallest absolute Gasteiger partial charge is 0.248 e. The van der Waals surface area contributed by atoms with E-state index in [1.807, 2.05) is 26.8 Å². The first-order valence-corrected chi connectivity index (χ1v) is 6.27. The van der Waals surface area contributed by atoms with Crippen LogP contribution in [0.2, 0.25) is 0 Å². The fourth-order valence-electron chi connectivity index (χ4n) is 1.75. The van der Waals surface area contributed by atoms with E-state index in [-0.39, 0.29) is 4.99 Å². The minimum atomic E-state index is 0.172. The molecule has 0 unspecified atom stereocenters. The highest BCUT2D eigenvalue weighted by Crippen LogP contribution is 2.30. The van der Waals surface area contributed by atoms with Crippen molar-refractivity contribution in [2.24, 2.45) is 5.73 Å². The van der Waals surface area contributed by atoms with Crippen LogP contribution >= 0.6 is 12.2 Å². The summed E-state index contributed by atoms with van der Waals surface area (Å²) in [6, 6.07) is 4.07. The Kier molecular flexibility index (Phi) is 3.76. The topological polar surface area (TPSA) is 61.0 Å². The summed E-state index contributed by atoms with van der Waals surface area (Å²) in [6.45, 7) is 6.03. The fourth-order valence-corrected chi connectivity index (χ4v) is 1.89. The standard InChI is InChI=1S/C14H15N3OS/c1-8-4-5-9(2)12(10(8)3)18-14-11(13(15)19)16-6-7-17-14/h4-7H,1-3H3,(H2,15,19). The van der Waals surface area contributed by atoms with Crippen molar-refractivity contribution in [3.05, 3.63) is 46.9 Å². The van der Waals surface area contributed by atoms with Crippen LogP contribution in [0.5, 0.6) is 11.6 Å². The SMILES string of the molecule is Cc1ccc(C)c(Oc2nccnc2C(N)=S)c1C. The lowest BCUT2D eigenvalue weighted by atomic mass is 10.1. The Labute approximate surface area is 117 Å². The van der Waals surface area contributed by atoms with Gasteiger partial charge in [0, 0.05) is 12.4 Å². The van der Waals surface area contributed by atoms with E-state index in [0.717, 1.165) is 22.4 Å². The molecule has 5 heteroatoms. The van der Waals surface area contributed by atoms with Gasteiger partial charge in [-0.15, -0.1) is 0 Å². The first kappa shape index (κ1) is 13.4. The van der Waals surface area contributed by atoms with Gasteiger partial charge < -0.3 is 10.5 Å². The van der Waals surface area contributed by atoms with Crippen LogP contribution in [0.4, 0.5) is 0 Å². The van der Waals surface area contributed by atoms with E-state index in [1.54, 1.807) is 6.20 Å². The van der Waals surface area contributed by atoms with Gasteiger partial charge in [-0.2, -0.15) is 0 Å². The monoisotopic (exact) mass is 273 g/mol. The largest absolute Gasteiger partial charge is 0.436 e. The highest BCUT2D eigenvalue weighted by Gasteiger charge is 2.13. The van der Waals surface area contributed by atoms with Crippen molar-refractivity contribution in [2.45, 2.75) is 20.8 Å². The molecule has 0 fully saturated rings. The Morgan fingerprint density at radius 1 is 1.11 bits per heavy atom. The zero-order valence-electron chi connectivity index (χ0n) is 11.1. The number of nitrogens with zero attached hydrogens (tertiary/aromatic N) is 2. The number of benzene rings is 1. The second-order valence-electron chi connectivity index (χ2n) is 4.33. The molecule has 19 heavy (non-hydrogen) atoms. The number of thiocarbonyl (C=S) groups is 1. The van der Waals surface area contributed by atoms with Gasteiger partial charge in [0.15, 0.2) is 5.69 Å². The summed E-state index contributed by atoms with van der Waals surface area (Å²) in [5, 5.41) is 0. The maximum absolute atomic E-state index is 5.87. The molecule has 0 aliphatic carbocycles. The normalized spacial score (nSPS) is 10.3. The van der Waals surface area contributed by atoms with Crippen molar-refractivity contribution < 1.29 is 4.74 Å². The van der Waals surface area contributed by atoms with Crippen molar-refractivity contribution in [3.8, 4) is 11.6 Å². The van der Waals surface area contributed by atoms with Crippen molar-refractivity contribution in [3.63, 3.8) is 0 Å². The number of rotatable bonds is 3. The highest BCUT2D eigenvalue weighted by atomic mass is 32.1. The Hall–Kier alpha value is -2.01. The lowest BCUT2D eigenvalue weighted by Crippen LogP contribution is -2.14. The van der Waals surface area contributed by atoms with Crippen LogP contribution in [0.3, 0.4) is 0 Å². The summed E-state index contributed by atoms with van der Waals surface area (Å²) < 4.78 is 5.87. The quantitative estimate of drug-likeness (QED) is 0.871. The Morgan fingerprint density at radius 3 is 2.42 bits per heavy atom. The van der Waals surface area contributed by atoms with E-state index in [2.05, 4.69) is 16.0 Å². The van der Waals surface area contributed by atoms with Crippen LogP contribution in [0.25, 0.3) is 0 Å². The van der Waals surface area contributed by atoms with E-state index in [4.69, 9.17) is 22.7 Å². The molecule has 1 heterocycles. The summed E-state index contributed by atoms with van der Waals surface area (Å²) in [7, 11) is 0. The van der Waals surface area contributed by atoms with Crippen molar-refractivity contribution >= 4 is 17.2 Å². The van der Waals surface area contributed by atoms with Gasteiger partial charge in [0.2, 0.25) is 5.88 Å². The van der Waals surface area contributed by atoms with E-state index in [9.17, 15) is 0 Å². The van der Waals surface area contributed by atoms with Gasteiger partial charge in [0.25, 0.3) is 0 Å². The van der Waals surface area contributed by atoms with E-state index in [1.165, 1.54) is 6.20 Å². The molecule has 0 aliphatic rings. The first-order valence-electron chi connectivity index (χ1n) is 5.86. The van der Waals surface area contributed by atoms with E-state index >= 15 is 0 Å². The molecule has 2 N–H and O–H groups in total. The molecule has 0 aliphatic heterocycles. The molecule has 0 radical (unpaired) electrons. The average Bonchev–Trinajstić information content (AvgIpc) is 2.39. The van der Waals surface area contributed by atoms with Crippen LogP contribution in [0.15, 0.2) is 24.5 Å². The molecule has 1 aromatic carbocycles. The minimum absolute atomic E-state index is 0.172. The average molecular weight is 273 g/mol. The fraction of sp³-hybridized carbons (Fsp3) is 0.214. The molecule has 4 nitrogen and oxygen atoms in total. The molecule has 98 valence electrons. The molecule has 0 atom stereocenters. The summed E-state index contributed by atoms with van der Waals surface area (Å²) in [5.41, 5.74) is 9.28. The van der Waals surface area contributed by atoms with Crippen molar-refractivity contribution in [2.75, 3.05) is 0 Å². The number of aromatic nitrogens is 2. The Balaban J connectivity index is 2.48. The molecule has 1 aromatic heterocycles. The van der Waals surface area contributed by atoms with Gasteiger partial charge >= 0.3 is 0 Å². The van der Waals surface area contributed by atoms with Gasteiger partial charge in [-0.05, 0) is 37.5 Å². The summed E-state index contributed by atoms with van der Waals surface area (Å²) >= 11 is 4.95.